The molecule has 0 saturated carbocycles. The lowest BCUT2D eigenvalue weighted by molar-refractivity contribution is 0.106. The molecule has 0 aromatic carbocycles. The first-order chi connectivity index (χ1) is 7.47. The molecule has 0 radical (unpaired) electrons. The highest BCUT2D eigenvalue weighted by molar-refractivity contribution is 8.00. The molecule has 2 N–H and O–H groups in total. The predicted octanol–water partition coefficient (Wildman–Crippen LogP) is 2.04. The Morgan fingerprint density at radius 3 is 2.69 bits per heavy atom. The SMILES string of the molecule is CC1CC(CN)(N2CCSC(C)(C)C2)CS1. The zero-order valence-corrected chi connectivity index (χ0v) is 12.3. The fraction of sp³-hybridized carbons (Fsp3) is 1.00. The van der Waals surface area contributed by atoms with Gasteiger partial charge in [-0.2, -0.15) is 23.5 Å². The molecule has 2 unspecified atom stereocenters. The molecule has 0 spiro atoms. The van der Waals surface area contributed by atoms with Crippen molar-refractivity contribution in [2.45, 2.75) is 42.7 Å². The summed E-state index contributed by atoms with van der Waals surface area (Å²) in [6, 6.07) is 0. The van der Waals surface area contributed by atoms with Crippen LogP contribution in [0.1, 0.15) is 27.2 Å². The van der Waals surface area contributed by atoms with Crippen molar-refractivity contribution in [3.05, 3.63) is 0 Å². The van der Waals surface area contributed by atoms with Crippen molar-refractivity contribution in [2.75, 3.05) is 31.1 Å². The van der Waals surface area contributed by atoms with E-state index < -0.39 is 0 Å². The summed E-state index contributed by atoms with van der Waals surface area (Å²) in [7, 11) is 0. The first-order valence-corrected chi connectivity index (χ1v) is 8.22. The Morgan fingerprint density at radius 2 is 2.19 bits per heavy atom. The van der Waals surface area contributed by atoms with Gasteiger partial charge in [-0.3, -0.25) is 4.90 Å². The molecular formula is C12H24N2S2. The van der Waals surface area contributed by atoms with E-state index in [0.717, 1.165) is 11.8 Å². The molecule has 2 saturated heterocycles. The molecule has 0 aromatic heterocycles. The van der Waals surface area contributed by atoms with Gasteiger partial charge in [0, 0.05) is 46.7 Å². The second kappa shape index (κ2) is 4.71. The lowest BCUT2D eigenvalue weighted by Crippen LogP contribution is -2.60. The Morgan fingerprint density at radius 1 is 1.44 bits per heavy atom. The highest BCUT2D eigenvalue weighted by atomic mass is 32.2. The van der Waals surface area contributed by atoms with Crippen molar-refractivity contribution < 1.29 is 0 Å². The van der Waals surface area contributed by atoms with Gasteiger partial charge in [-0.05, 0) is 20.3 Å². The van der Waals surface area contributed by atoms with Crippen LogP contribution in [0.3, 0.4) is 0 Å². The van der Waals surface area contributed by atoms with Crippen LogP contribution >= 0.6 is 23.5 Å². The molecule has 0 aromatic rings. The number of hydrogen-bond donors (Lipinski definition) is 1. The van der Waals surface area contributed by atoms with Crippen LogP contribution in [0.15, 0.2) is 0 Å². The zero-order valence-electron chi connectivity index (χ0n) is 10.7. The van der Waals surface area contributed by atoms with Gasteiger partial charge in [0.1, 0.15) is 0 Å². The summed E-state index contributed by atoms with van der Waals surface area (Å²) in [5.74, 6) is 2.49. The van der Waals surface area contributed by atoms with Crippen LogP contribution in [0.5, 0.6) is 0 Å². The van der Waals surface area contributed by atoms with Crippen LogP contribution in [0, 0.1) is 0 Å². The Balaban J connectivity index is 2.09. The number of hydrogen-bond acceptors (Lipinski definition) is 4. The Kier molecular flexibility index (Phi) is 3.85. The molecule has 2 fully saturated rings. The second-order valence-corrected chi connectivity index (χ2v) is 9.01. The Bertz CT molecular complexity index is 257. The van der Waals surface area contributed by atoms with Gasteiger partial charge in [0.25, 0.3) is 0 Å². The van der Waals surface area contributed by atoms with E-state index in [-0.39, 0.29) is 0 Å². The summed E-state index contributed by atoms with van der Waals surface area (Å²) >= 11 is 4.20. The van der Waals surface area contributed by atoms with Crippen molar-refractivity contribution in [3.63, 3.8) is 0 Å². The molecule has 2 heterocycles. The molecule has 2 aliphatic heterocycles. The fourth-order valence-corrected chi connectivity index (χ4v) is 5.42. The number of nitrogens with two attached hydrogens (primary N) is 1. The molecule has 2 atom stereocenters. The minimum atomic E-state index is 0.294. The van der Waals surface area contributed by atoms with Gasteiger partial charge in [0.15, 0.2) is 0 Å². The molecule has 94 valence electrons. The normalized spacial score (nSPS) is 40.1. The minimum absolute atomic E-state index is 0.294. The largest absolute Gasteiger partial charge is 0.329 e. The van der Waals surface area contributed by atoms with E-state index in [1.54, 1.807) is 0 Å². The predicted molar refractivity (Wildman–Crippen MR) is 76.4 cm³/mol. The molecule has 2 rings (SSSR count). The van der Waals surface area contributed by atoms with Crippen molar-refractivity contribution in [1.29, 1.82) is 0 Å². The van der Waals surface area contributed by atoms with Gasteiger partial charge < -0.3 is 5.73 Å². The molecule has 0 aliphatic carbocycles. The third-order valence-corrected chi connectivity index (χ3v) is 6.52. The van der Waals surface area contributed by atoms with Crippen molar-refractivity contribution in [3.8, 4) is 0 Å². The molecule has 2 aliphatic rings. The van der Waals surface area contributed by atoms with Gasteiger partial charge in [-0.25, -0.2) is 0 Å². The fourth-order valence-electron chi connectivity index (χ4n) is 2.86. The van der Waals surface area contributed by atoms with Crippen LogP contribution in [0.25, 0.3) is 0 Å². The highest BCUT2D eigenvalue weighted by Crippen LogP contribution is 2.41. The summed E-state index contributed by atoms with van der Waals surface area (Å²) in [5.41, 5.74) is 6.38. The third kappa shape index (κ3) is 2.55. The molecule has 0 bridgehead atoms. The monoisotopic (exact) mass is 260 g/mol. The summed E-state index contributed by atoms with van der Waals surface area (Å²) in [6.07, 6.45) is 1.27. The van der Waals surface area contributed by atoms with Gasteiger partial charge in [-0.15, -0.1) is 0 Å². The standard InChI is InChI=1S/C12H24N2S2/c1-10-6-12(7-13,9-15-10)14-4-5-16-11(2,3)8-14/h10H,4-9,13H2,1-3H3. The van der Waals surface area contributed by atoms with E-state index in [2.05, 4.69) is 49.2 Å². The number of nitrogens with zero attached hydrogens (tertiary/aromatic N) is 1. The maximum absolute atomic E-state index is 6.09. The average Bonchev–Trinajstić information content (AvgIpc) is 2.60. The lowest BCUT2D eigenvalue weighted by atomic mass is 9.92. The van der Waals surface area contributed by atoms with E-state index >= 15 is 0 Å². The summed E-state index contributed by atoms with van der Waals surface area (Å²) in [6.45, 7) is 10.3. The van der Waals surface area contributed by atoms with Crippen molar-refractivity contribution >= 4 is 23.5 Å². The Labute approximate surface area is 108 Å². The van der Waals surface area contributed by atoms with Crippen molar-refractivity contribution in [2.24, 2.45) is 5.73 Å². The third-order valence-electron chi connectivity index (χ3n) is 3.78. The molecule has 2 nitrogen and oxygen atoms in total. The van der Waals surface area contributed by atoms with Crippen LogP contribution < -0.4 is 5.73 Å². The average molecular weight is 260 g/mol. The molecule has 16 heavy (non-hydrogen) atoms. The lowest BCUT2D eigenvalue weighted by Gasteiger charge is -2.47. The van der Waals surface area contributed by atoms with Gasteiger partial charge in [0.05, 0.1) is 0 Å². The van der Waals surface area contributed by atoms with E-state index in [9.17, 15) is 0 Å². The van der Waals surface area contributed by atoms with E-state index in [4.69, 9.17) is 5.73 Å². The van der Waals surface area contributed by atoms with E-state index in [1.807, 2.05) is 0 Å². The van der Waals surface area contributed by atoms with Crippen LogP contribution in [-0.4, -0.2) is 51.6 Å². The van der Waals surface area contributed by atoms with Gasteiger partial charge >= 0.3 is 0 Å². The summed E-state index contributed by atoms with van der Waals surface area (Å²) in [5, 5.41) is 0.779. The smallest absolute Gasteiger partial charge is 0.0433 e. The topological polar surface area (TPSA) is 29.3 Å². The van der Waals surface area contributed by atoms with Crippen LogP contribution in [-0.2, 0) is 0 Å². The van der Waals surface area contributed by atoms with Crippen LogP contribution in [0.4, 0.5) is 0 Å². The molecule has 0 amide bonds. The Hall–Kier alpha value is 0.620. The van der Waals surface area contributed by atoms with E-state index in [0.29, 0.717) is 10.3 Å². The zero-order chi connectivity index (χ0) is 11.8. The van der Waals surface area contributed by atoms with Gasteiger partial charge in [0.2, 0.25) is 0 Å². The number of thioether (sulfide) groups is 2. The minimum Gasteiger partial charge on any atom is -0.329 e. The van der Waals surface area contributed by atoms with Gasteiger partial charge in [-0.1, -0.05) is 6.92 Å². The second-order valence-electron chi connectivity index (χ2n) is 5.78. The molecular weight excluding hydrogens is 236 g/mol. The number of rotatable bonds is 2. The first-order valence-electron chi connectivity index (χ1n) is 6.18. The first kappa shape index (κ1) is 13.1. The van der Waals surface area contributed by atoms with E-state index in [1.165, 1.54) is 31.0 Å². The van der Waals surface area contributed by atoms with Crippen molar-refractivity contribution in [1.82, 2.24) is 4.90 Å². The summed E-state index contributed by atoms with van der Waals surface area (Å²) in [4.78, 5) is 2.68. The van der Waals surface area contributed by atoms with Crippen LogP contribution in [0.2, 0.25) is 0 Å². The summed E-state index contributed by atoms with van der Waals surface area (Å²) < 4.78 is 0.400. The maximum Gasteiger partial charge on any atom is 0.0433 e. The molecule has 4 heteroatoms. The highest BCUT2D eigenvalue weighted by Gasteiger charge is 2.44. The quantitative estimate of drug-likeness (QED) is 0.823. The maximum atomic E-state index is 6.09.